The highest BCUT2D eigenvalue weighted by molar-refractivity contribution is 5.52. The van der Waals surface area contributed by atoms with Gasteiger partial charge in [0.2, 0.25) is 0 Å². The predicted molar refractivity (Wildman–Crippen MR) is 83.5 cm³/mol. The molecule has 0 spiro atoms. The first-order valence-corrected chi connectivity index (χ1v) is 7.92. The van der Waals surface area contributed by atoms with Crippen LogP contribution in [-0.2, 0) is 6.42 Å². The Labute approximate surface area is 126 Å². The number of anilines is 1. The lowest BCUT2D eigenvalue weighted by Gasteiger charge is -2.38. The molecule has 2 rings (SSSR count). The van der Waals surface area contributed by atoms with Gasteiger partial charge in [-0.15, -0.1) is 0 Å². The molecular formula is C17H26F2N2. The summed E-state index contributed by atoms with van der Waals surface area (Å²) in [5.41, 5.74) is 6.64. The van der Waals surface area contributed by atoms with Gasteiger partial charge >= 0.3 is 0 Å². The van der Waals surface area contributed by atoms with Gasteiger partial charge < -0.3 is 10.6 Å². The van der Waals surface area contributed by atoms with Gasteiger partial charge in [-0.2, -0.15) is 0 Å². The number of halogens is 2. The summed E-state index contributed by atoms with van der Waals surface area (Å²) in [6, 6.07) is 3.00. The highest BCUT2D eigenvalue weighted by Crippen LogP contribution is 2.32. The second-order valence-electron chi connectivity index (χ2n) is 6.45. The van der Waals surface area contributed by atoms with Crippen LogP contribution in [0.15, 0.2) is 12.1 Å². The Morgan fingerprint density at radius 3 is 2.43 bits per heavy atom. The maximum absolute atomic E-state index is 14.4. The fraction of sp³-hybridized carbons (Fsp3) is 0.647. The number of hydrogen-bond acceptors (Lipinski definition) is 2. The molecule has 3 unspecified atom stereocenters. The molecule has 0 bridgehead atoms. The molecular weight excluding hydrogens is 270 g/mol. The molecule has 2 N–H and O–H groups in total. The van der Waals surface area contributed by atoms with Crippen LogP contribution in [0.2, 0.25) is 0 Å². The molecule has 0 aliphatic carbocycles. The van der Waals surface area contributed by atoms with Gasteiger partial charge in [0.25, 0.3) is 0 Å². The van der Waals surface area contributed by atoms with Gasteiger partial charge in [0, 0.05) is 18.6 Å². The molecule has 3 atom stereocenters. The molecule has 1 aromatic carbocycles. The lowest BCUT2D eigenvalue weighted by Crippen LogP contribution is -2.41. The molecule has 1 heterocycles. The molecule has 118 valence electrons. The maximum atomic E-state index is 14.4. The average molecular weight is 296 g/mol. The number of piperidine rings is 1. The minimum absolute atomic E-state index is 0.0515. The van der Waals surface area contributed by atoms with Crippen LogP contribution in [0.5, 0.6) is 0 Å². The molecule has 4 heteroatoms. The summed E-state index contributed by atoms with van der Waals surface area (Å²) in [6.45, 7) is 6.91. The van der Waals surface area contributed by atoms with Crippen molar-refractivity contribution in [2.24, 2.45) is 11.7 Å². The second kappa shape index (κ2) is 6.73. The third kappa shape index (κ3) is 3.73. The first-order valence-electron chi connectivity index (χ1n) is 7.92. The van der Waals surface area contributed by atoms with Crippen molar-refractivity contribution >= 4 is 5.69 Å². The van der Waals surface area contributed by atoms with Crippen molar-refractivity contribution < 1.29 is 8.78 Å². The number of benzene rings is 1. The van der Waals surface area contributed by atoms with Crippen molar-refractivity contribution in [1.29, 1.82) is 0 Å². The maximum Gasteiger partial charge on any atom is 0.149 e. The van der Waals surface area contributed by atoms with Crippen molar-refractivity contribution in [2.75, 3.05) is 11.4 Å². The second-order valence-corrected chi connectivity index (χ2v) is 6.45. The zero-order valence-corrected chi connectivity index (χ0v) is 13.2. The molecule has 1 aliphatic heterocycles. The summed E-state index contributed by atoms with van der Waals surface area (Å²) in [5.74, 6) is -0.311. The van der Waals surface area contributed by atoms with Crippen LogP contribution in [-0.4, -0.2) is 18.6 Å². The van der Waals surface area contributed by atoms with Gasteiger partial charge in [-0.1, -0.05) is 13.8 Å². The Morgan fingerprint density at radius 2 is 1.90 bits per heavy atom. The highest BCUT2D eigenvalue weighted by Gasteiger charge is 2.27. The molecule has 21 heavy (non-hydrogen) atoms. The molecule has 0 amide bonds. The summed E-state index contributed by atoms with van der Waals surface area (Å²) in [4.78, 5) is 1.87. The molecule has 1 saturated heterocycles. The van der Waals surface area contributed by atoms with Crippen LogP contribution >= 0.6 is 0 Å². The van der Waals surface area contributed by atoms with E-state index < -0.39 is 11.6 Å². The fourth-order valence-corrected chi connectivity index (χ4v) is 3.20. The Bertz CT molecular complexity index is 467. The van der Waals surface area contributed by atoms with Crippen molar-refractivity contribution in [3.05, 3.63) is 29.3 Å². The SMILES string of the molecule is CCC(N)Cc1cc(F)c(N2CCC(C)CC2C)c(F)c1. The predicted octanol–water partition coefficient (Wildman–Crippen LogP) is 3.87. The van der Waals surface area contributed by atoms with E-state index in [9.17, 15) is 8.78 Å². The van der Waals surface area contributed by atoms with Crippen molar-refractivity contribution in [3.8, 4) is 0 Å². The van der Waals surface area contributed by atoms with Gasteiger partial charge in [-0.05, 0) is 56.2 Å². The lowest BCUT2D eigenvalue weighted by molar-refractivity contribution is 0.370. The van der Waals surface area contributed by atoms with E-state index >= 15 is 0 Å². The zero-order chi connectivity index (χ0) is 15.6. The lowest BCUT2D eigenvalue weighted by atomic mass is 9.92. The van der Waals surface area contributed by atoms with E-state index in [2.05, 4.69) is 6.92 Å². The largest absolute Gasteiger partial charge is 0.364 e. The zero-order valence-electron chi connectivity index (χ0n) is 13.2. The number of rotatable bonds is 4. The van der Waals surface area contributed by atoms with E-state index in [1.165, 1.54) is 12.1 Å². The molecule has 1 fully saturated rings. The standard InChI is InChI=1S/C17H26F2N2/c1-4-14(20)8-13-9-15(18)17(16(19)10-13)21-6-5-11(2)7-12(21)3/h9-12,14H,4-8,20H2,1-3H3. The van der Waals surface area contributed by atoms with E-state index in [1.807, 2.05) is 18.7 Å². The van der Waals surface area contributed by atoms with Crippen LogP contribution in [0.25, 0.3) is 0 Å². The molecule has 2 nitrogen and oxygen atoms in total. The Balaban J connectivity index is 2.24. The molecule has 1 aromatic rings. The Morgan fingerprint density at radius 1 is 1.29 bits per heavy atom. The van der Waals surface area contributed by atoms with Gasteiger partial charge in [-0.3, -0.25) is 0 Å². The van der Waals surface area contributed by atoms with Gasteiger partial charge in [0.15, 0.2) is 0 Å². The van der Waals surface area contributed by atoms with E-state index in [0.717, 1.165) is 19.3 Å². The molecule has 0 radical (unpaired) electrons. The monoisotopic (exact) mass is 296 g/mol. The molecule has 0 saturated carbocycles. The van der Waals surface area contributed by atoms with Crippen LogP contribution in [0, 0.1) is 17.6 Å². The van der Waals surface area contributed by atoms with Crippen LogP contribution < -0.4 is 10.6 Å². The quantitative estimate of drug-likeness (QED) is 0.914. The van der Waals surface area contributed by atoms with Crippen molar-refractivity contribution in [2.45, 2.75) is 58.5 Å². The fourth-order valence-electron chi connectivity index (χ4n) is 3.20. The Kier molecular flexibility index (Phi) is 5.20. The Hall–Kier alpha value is -1.16. The number of nitrogens with two attached hydrogens (primary N) is 1. The van der Waals surface area contributed by atoms with E-state index in [1.54, 1.807) is 0 Å². The van der Waals surface area contributed by atoms with Crippen LogP contribution in [0.3, 0.4) is 0 Å². The third-order valence-corrected chi connectivity index (χ3v) is 4.52. The van der Waals surface area contributed by atoms with E-state index in [-0.39, 0.29) is 17.8 Å². The first-order chi connectivity index (χ1) is 9.92. The minimum atomic E-state index is -0.463. The van der Waals surface area contributed by atoms with Gasteiger partial charge in [-0.25, -0.2) is 8.78 Å². The topological polar surface area (TPSA) is 29.3 Å². The third-order valence-electron chi connectivity index (χ3n) is 4.52. The number of nitrogens with zero attached hydrogens (tertiary/aromatic N) is 1. The first kappa shape index (κ1) is 16.2. The minimum Gasteiger partial charge on any atom is -0.364 e. The van der Waals surface area contributed by atoms with Crippen molar-refractivity contribution in [1.82, 2.24) is 0 Å². The number of hydrogen-bond donors (Lipinski definition) is 1. The normalized spacial score (nSPS) is 24.2. The van der Waals surface area contributed by atoms with E-state index in [4.69, 9.17) is 5.73 Å². The summed E-state index contributed by atoms with van der Waals surface area (Å²) in [5, 5.41) is 0. The van der Waals surface area contributed by atoms with Crippen LogP contribution in [0.1, 0.15) is 45.6 Å². The van der Waals surface area contributed by atoms with Gasteiger partial charge in [0.1, 0.15) is 17.3 Å². The summed E-state index contributed by atoms with van der Waals surface area (Å²) in [6.07, 6.45) is 3.26. The summed E-state index contributed by atoms with van der Waals surface area (Å²) in [7, 11) is 0. The average Bonchev–Trinajstić information content (AvgIpc) is 2.40. The summed E-state index contributed by atoms with van der Waals surface area (Å²) >= 11 is 0. The van der Waals surface area contributed by atoms with Crippen molar-refractivity contribution in [3.63, 3.8) is 0 Å². The van der Waals surface area contributed by atoms with Gasteiger partial charge in [0.05, 0.1) is 0 Å². The van der Waals surface area contributed by atoms with Crippen LogP contribution in [0.4, 0.5) is 14.5 Å². The molecule has 0 aromatic heterocycles. The smallest absolute Gasteiger partial charge is 0.149 e. The van der Waals surface area contributed by atoms with E-state index in [0.29, 0.717) is 24.4 Å². The highest BCUT2D eigenvalue weighted by atomic mass is 19.1. The molecule has 1 aliphatic rings. The summed E-state index contributed by atoms with van der Waals surface area (Å²) < 4.78 is 28.8.